The molecule has 2 aliphatic heterocycles. The van der Waals surface area contributed by atoms with Gasteiger partial charge in [-0.1, -0.05) is 13.8 Å². The summed E-state index contributed by atoms with van der Waals surface area (Å²) >= 11 is 0. The fourth-order valence-corrected chi connectivity index (χ4v) is 3.28. The largest absolute Gasteiger partial charge is 0.462 e. The van der Waals surface area contributed by atoms with E-state index in [9.17, 15) is 9.59 Å². The Hall–Kier alpha value is -1.22. The fraction of sp³-hybridized carbons (Fsp3) is 0.889. The van der Waals surface area contributed by atoms with Gasteiger partial charge >= 0.3 is 11.9 Å². The van der Waals surface area contributed by atoms with Gasteiger partial charge in [-0.05, 0) is 0 Å². The predicted octanol–water partition coefficient (Wildman–Crippen LogP) is -0.845. The summed E-state index contributed by atoms with van der Waals surface area (Å²) in [5, 5.41) is 6.58. The molecule has 0 spiro atoms. The van der Waals surface area contributed by atoms with Crippen LogP contribution in [0.2, 0.25) is 0 Å². The first-order valence-electron chi connectivity index (χ1n) is 9.75. The third-order valence-electron chi connectivity index (χ3n) is 4.86. The molecular formula is C18H34N4O4. The second-order valence-corrected chi connectivity index (χ2v) is 7.24. The summed E-state index contributed by atoms with van der Waals surface area (Å²) in [6.45, 7) is 13.1. The van der Waals surface area contributed by atoms with Gasteiger partial charge in [0.15, 0.2) is 0 Å². The lowest BCUT2D eigenvalue weighted by molar-refractivity contribution is -0.157. The number of piperazine rings is 2. The molecule has 0 aliphatic carbocycles. The average Bonchev–Trinajstić information content (AvgIpc) is 2.66. The number of carbonyl (C=O) groups is 2. The van der Waals surface area contributed by atoms with Crippen LogP contribution in [-0.2, 0) is 19.1 Å². The van der Waals surface area contributed by atoms with Gasteiger partial charge in [0.2, 0.25) is 0 Å². The number of ether oxygens (including phenoxy) is 2. The number of hydrogen-bond acceptors (Lipinski definition) is 8. The highest BCUT2D eigenvalue weighted by Crippen LogP contribution is 2.06. The minimum absolute atomic E-state index is 0.122. The van der Waals surface area contributed by atoms with Gasteiger partial charge in [-0.3, -0.25) is 19.4 Å². The summed E-state index contributed by atoms with van der Waals surface area (Å²) in [6.07, 6.45) is 0. The number of hydrogen-bond donors (Lipinski definition) is 2. The van der Waals surface area contributed by atoms with Gasteiger partial charge in [0, 0.05) is 65.4 Å². The second-order valence-electron chi connectivity index (χ2n) is 7.24. The van der Waals surface area contributed by atoms with E-state index in [0.29, 0.717) is 13.1 Å². The van der Waals surface area contributed by atoms with Crippen molar-refractivity contribution >= 4 is 11.9 Å². The highest BCUT2D eigenvalue weighted by molar-refractivity contribution is 5.73. The maximum atomic E-state index is 12.0. The summed E-state index contributed by atoms with van der Waals surface area (Å²) in [4.78, 5) is 28.6. The van der Waals surface area contributed by atoms with Crippen molar-refractivity contribution in [1.29, 1.82) is 0 Å². The van der Waals surface area contributed by atoms with Crippen molar-refractivity contribution in [1.82, 2.24) is 20.4 Å². The molecule has 2 heterocycles. The van der Waals surface area contributed by atoms with Crippen molar-refractivity contribution in [2.45, 2.75) is 13.8 Å². The van der Waals surface area contributed by atoms with Gasteiger partial charge in [-0.25, -0.2) is 0 Å². The first-order chi connectivity index (χ1) is 12.6. The summed E-state index contributed by atoms with van der Waals surface area (Å²) < 4.78 is 10.5. The van der Waals surface area contributed by atoms with Crippen LogP contribution < -0.4 is 10.6 Å². The second kappa shape index (κ2) is 11.5. The van der Waals surface area contributed by atoms with Crippen LogP contribution in [0.4, 0.5) is 0 Å². The molecule has 0 aromatic rings. The minimum Gasteiger partial charge on any atom is -0.462 e. The smallest absolute Gasteiger partial charge is 0.310 e. The van der Waals surface area contributed by atoms with Crippen LogP contribution in [0, 0.1) is 11.8 Å². The average molecular weight is 370 g/mol. The Balaban J connectivity index is 1.55. The van der Waals surface area contributed by atoms with Crippen molar-refractivity contribution in [3.05, 3.63) is 0 Å². The molecule has 2 unspecified atom stereocenters. The van der Waals surface area contributed by atoms with E-state index in [1.807, 2.05) is 13.8 Å². The molecule has 2 N–H and O–H groups in total. The van der Waals surface area contributed by atoms with E-state index in [-0.39, 0.29) is 37.0 Å². The summed E-state index contributed by atoms with van der Waals surface area (Å²) in [5.74, 6) is -0.798. The topological polar surface area (TPSA) is 83.1 Å². The molecule has 2 saturated heterocycles. The van der Waals surface area contributed by atoms with Crippen LogP contribution in [0.5, 0.6) is 0 Å². The first kappa shape index (κ1) is 21.1. The molecule has 8 nitrogen and oxygen atoms in total. The maximum Gasteiger partial charge on any atom is 0.310 e. The molecule has 0 bridgehead atoms. The van der Waals surface area contributed by atoms with E-state index in [2.05, 4.69) is 20.4 Å². The highest BCUT2D eigenvalue weighted by atomic mass is 16.6. The van der Waals surface area contributed by atoms with Gasteiger partial charge in [-0.2, -0.15) is 0 Å². The Kier molecular flexibility index (Phi) is 9.31. The van der Waals surface area contributed by atoms with Crippen LogP contribution >= 0.6 is 0 Å². The molecule has 2 fully saturated rings. The van der Waals surface area contributed by atoms with E-state index >= 15 is 0 Å². The summed E-state index contributed by atoms with van der Waals surface area (Å²) in [5.41, 5.74) is 0. The fourth-order valence-electron chi connectivity index (χ4n) is 3.28. The molecule has 0 aromatic carbocycles. The Bertz CT molecular complexity index is 397. The number of nitrogens with one attached hydrogen (secondary N) is 2. The highest BCUT2D eigenvalue weighted by Gasteiger charge is 2.21. The number of esters is 2. The minimum atomic E-state index is -0.228. The lowest BCUT2D eigenvalue weighted by Gasteiger charge is -2.29. The molecule has 0 aromatic heterocycles. The molecule has 2 aliphatic rings. The maximum absolute atomic E-state index is 12.0. The molecule has 0 saturated carbocycles. The first-order valence-corrected chi connectivity index (χ1v) is 9.75. The van der Waals surface area contributed by atoms with E-state index < -0.39 is 0 Å². The molecule has 26 heavy (non-hydrogen) atoms. The summed E-state index contributed by atoms with van der Waals surface area (Å²) in [7, 11) is 0. The lowest BCUT2D eigenvalue weighted by Crippen LogP contribution is -2.46. The van der Waals surface area contributed by atoms with Crippen molar-refractivity contribution in [3.8, 4) is 0 Å². The number of carbonyl (C=O) groups excluding carboxylic acids is 2. The monoisotopic (exact) mass is 370 g/mol. The van der Waals surface area contributed by atoms with Gasteiger partial charge in [0.25, 0.3) is 0 Å². The van der Waals surface area contributed by atoms with Crippen LogP contribution in [0.15, 0.2) is 0 Å². The van der Waals surface area contributed by atoms with Gasteiger partial charge in [0.05, 0.1) is 11.8 Å². The normalized spacial score (nSPS) is 21.8. The van der Waals surface area contributed by atoms with Gasteiger partial charge < -0.3 is 20.1 Å². The lowest BCUT2D eigenvalue weighted by atomic mass is 10.1. The molecular weight excluding hydrogens is 336 g/mol. The Morgan fingerprint density at radius 3 is 1.46 bits per heavy atom. The van der Waals surface area contributed by atoms with E-state index in [1.54, 1.807) is 0 Å². The van der Waals surface area contributed by atoms with E-state index in [1.165, 1.54) is 0 Å². The van der Waals surface area contributed by atoms with Gasteiger partial charge in [0.1, 0.15) is 13.2 Å². The molecule has 2 rings (SSSR count). The Morgan fingerprint density at radius 1 is 0.769 bits per heavy atom. The molecule has 8 heteroatoms. The zero-order chi connectivity index (χ0) is 18.8. The summed E-state index contributed by atoms with van der Waals surface area (Å²) in [6, 6.07) is 0. The number of nitrogens with zero attached hydrogens (tertiary/aromatic N) is 2. The zero-order valence-electron chi connectivity index (χ0n) is 16.2. The number of rotatable bonds is 9. The quantitative estimate of drug-likeness (QED) is 0.401. The zero-order valence-corrected chi connectivity index (χ0v) is 16.2. The SMILES string of the molecule is CC(CN1CCNCC1)C(=O)OCCOC(=O)C(C)CN1CCNCC1. The van der Waals surface area contributed by atoms with Crippen molar-refractivity contribution < 1.29 is 19.1 Å². The molecule has 150 valence electrons. The molecule has 0 radical (unpaired) electrons. The van der Waals surface area contributed by atoms with Crippen LogP contribution in [0.3, 0.4) is 0 Å². The van der Waals surface area contributed by atoms with Crippen LogP contribution in [0.1, 0.15) is 13.8 Å². The van der Waals surface area contributed by atoms with E-state index in [0.717, 1.165) is 52.4 Å². The Labute approximate surface area is 156 Å². The molecule has 0 amide bonds. The van der Waals surface area contributed by atoms with Crippen molar-refractivity contribution in [2.75, 3.05) is 78.7 Å². The van der Waals surface area contributed by atoms with Crippen molar-refractivity contribution in [2.24, 2.45) is 11.8 Å². The van der Waals surface area contributed by atoms with Crippen LogP contribution in [0.25, 0.3) is 0 Å². The third kappa shape index (κ3) is 7.57. The standard InChI is InChI=1S/C18H34N4O4/c1-15(13-21-7-3-19-4-8-21)17(23)25-11-12-26-18(24)16(2)14-22-9-5-20-6-10-22/h15-16,19-20H,3-14H2,1-2H3. The Morgan fingerprint density at radius 2 is 1.12 bits per heavy atom. The molecule has 2 atom stereocenters. The van der Waals surface area contributed by atoms with Gasteiger partial charge in [-0.15, -0.1) is 0 Å². The van der Waals surface area contributed by atoms with Crippen LogP contribution in [-0.4, -0.2) is 100 Å². The van der Waals surface area contributed by atoms with Crippen molar-refractivity contribution in [3.63, 3.8) is 0 Å². The van der Waals surface area contributed by atoms with E-state index in [4.69, 9.17) is 9.47 Å². The predicted molar refractivity (Wildman–Crippen MR) is 98.9 cm³/mol. The third-order valence-corrected chi connectivity index (χ3v) is 4.86.